The molecule has 0 heterocycles. The second kappa shape index (κ2) is 6.19. The van der Waals surface area contributed by atoms with E-state index in [4.69, 9.17) is 5.11 Å². The molecule has 1 saturated carbocycles. The number of sulfone groups is 1. The Kier molecular flexibility index (Phi) is 5.34. The Bertz CT molecular complexity index is 524. The van der Waals surface area contributed by atoms with Crippen molar-refractivity contribution in [2.45, 2.75) is 19.3 Å². The fourth-order valence-corrected chi connectivity index (χ4v) is 4.87. The van der Waals surface area contributed by atoms with Crippen LogP contribution < -0.4 is 4.72 Å². The van der Waals surface area contributed by atoms with Crippen LogP contribution in [0.3, 0.4) is 0 Å². The van der Waals surface area contributed by atoms with Crippen molar-refractivity contribution in [2.24, 2.45) is 11.8 Å². The molecule has 2 N–H and O–H groups in total. The number of sulfonamides is 1. The number of carbonyl (C=O) groups is 1. The largest absolute Gasteiger partial charge is 0.481 e. The van der Waals surface area contributed by atoms with Gasteiger partial charge >= 0.3 is 5.97 Å². The molecule has 0 aliphatic heterocycles. The first kappa shape index (κ1) is 16.4. The van der Waals surface area contributed by atoms with E-state index in [9.17, 15) is 21.6 Å². The molecule has 112 valence electrons. The summed E-state index contributed by atoms with van der Waals surface area (Å²) in [4.78, 5) is 10.9. The van der Waals surface area contributed by atoms with Gasteiger partial charge in [0.15, 0.2) is 0 Å². The Hall–Kier alpha value is -0.670. The Morgan fingerprint density at radius 3 is 2.37 bits per heavy atom. The summed E-state index contributed by atoms with van der Waals surface area (Å²) in [5.74, 6) is -2.56. The van der Waals surface area contributed by atoms with E-state index in [1.165, 1.54) is 0 Å². The van der Waals surface area contributed by atoms with Gasteiger partial charge in [-0.05, 0) is 18.8 Å². The van der Waals surface area contributed by atoms with Crippen molar-refractivity contribution >= 4 is 25.8 Å². The van der Waals surface area contributed by atoms with Crippen molar-refractivity contribution in [1.82, 2.24) is 4.72 Å². The van der Waals surface area contributed by atoms with Crippen molar-refractivity contribution in [3.63, 3.8) is 0 Å². The maximum absolute atomic E-state index is 11.6. The molecule has 0 saturated heterocycles. The molecule has 1 rings (SSSR count). The van der Waals surface area contributed by atoms with Crippen molar-refractivity contribution in [1.29, 1.82) is 0 Å². The van der Waals surface area contributed by atoms with Crippen molar-refractivity contribution in [3.8, 4) is 0 Å². The van der Waals surface area contributed by atoms with E-state index in [-0.39, 0.29) is 12.5 Å². The van der Waals surface area contributed by atoms with Gasteiger partial charge in [-0.1, -0.05) is 6.42 Å². The summed E-state index contributed by atoms with van der Waals surface area (Å²) in [7, 11) is -7.01. The first-order valence-corrected chi connectivity index (χ1v) is 9.70. The maximum Gasteiger partial charge on any atom is 0.306 e. The van der Waals surface area contributed by atoms with Gasteiger partial charge in [-0.2, -0.15) is 0 Å². The topological polar surface area (TPSA) is 118 Å². The van der Waals surface area contributed by atoms with Crippen LogP contribution in [0.2, 0.25) is 0 Å². The molecule has 2 unspecified atom stereocenters. The minimum Gasteiger partial charge on any atom is -0.481 e. The second-order valence-electron chi connectivity index (χ2n) is 4.93. The Morgan fingerprint density at radius 2 is 1.84 bits per heavy atom. The summed E-state index contributed by atoms with van der Waals surface area (Å²) >= 11 is 0. The van der Waals surface area contributed by atoms with E-state index in [0.717, 1.165) is 12.7 Å². The van der Waals surface area contributed by atoms with Crippen LogP contribution in [0.15, 0.2) is 0 Å². The van der Waals surface area contributed by atoms with Gasteiger partial charge in [0.2, 0.25) is 10.0 Å². The number of carboxylic acids is 1. The van der Waals surface area contributed by atoms with E-state index in [1.807, 2.05) is 0 Å². The van der Waals surface area contributed by atoms with E-state index in [2.05, 4.69) is 4.72 Å². The highest BCUT2D eigenvalue weighted by molar-refractivity contribution is 7.93. The zero-order valence-electron chi connectivity index (χ0n) is 10.7. The highest BCUT2D eigenvalue weighted by Crippen LogP contribution is 2.31. The SMILES string of the molecule is CS(=O)(=O)CCS(=O)(=O)NCC1CCCC1C(=O)O. The zero-order valence-corrected chi connectivity index (χ0v) is 12.3. The molecular formula is C10H19NO6S2. The van der Waals surface area contributed by atoms with Gasteiger partial charge in [0.1, 0.15) is 9.84 Å². The Labute approximate surface area is 113 Å². The molecule has 1 aliphatic carbocycles. The number of carboxylic acid groups (broad SMARTS) is 1. The molecular weight excluding hydrogens is 294 g/mol. The summed E-state index contributed by atoms with van der Waals surface area (Å²) in [6, 6.07) is 0. The van der Waals surface area contributed by atoms with Crippen LogP contribution in [-0.4, -0.2) is 52.2 Å². The molecule has 0 spiro atoms. The normalized spacial score (nSPS) is 24.5. The number of aliphatic carboxylic acids is 1. The Morgan fingerprint density at radius 1 is 1.21 bits per heavy atom. The highest BCUT2D eigenvalue weighted by Gasteiger charge is 2.33. The molecule has 0 aromatic rings. The number of rotatable bonds is 7. The Balaban J connectivity index is 2.49. The standard InChI is InChI=1S/C10H19NO6S2/c1-18(14,15)5-6-19(16,17)11-7-8-3-2-4-9(8)10(12)13/h8-9,11H,2-7H2,1H3,(H,12,13). The lowest BCUT2D eigenvalue weighted by Crippen LogP contribution is -2.35. The molecule has 1 aliphatic rings. The van der Waals surface area contributed by atoms with Crippen molar-refractivity contribution in [3.05, 3.63) is 0 Å². The first-order valence-electron chi connectivity index (χ1n) is 5.98. The third-order valence-electron chi connectivity index (χ3n) is 3.26. The summed E-state index contributed by atoms with van der Waals surface area (Å²) in [5, 5.41) is 8.97. The minimum absolute atomic E-state index is 0.0586. The number of hydrogen-bond acceptors (Lipinski definition) is 5. The van der Waals surface area contributed by atoms with E-state index >= 15 is 0 Å². The van der Waals surface area contributed by atoms with Gasteiger partial charge in [0.25, 0.3) is 0 Å². The van der Waals surface area contributed by atoms with Crippen LogP contribution in [0.1, 0.15) is 19.3 Å². The number of hydrogen-bond donors (Lipinski definition) is 2. The quantitative estimate of drug-likeness (QED) is 0.651. The molecule has 0 aromatic heterocycles. The lowest BCUT2D eigenvalue weighted by atomic mass is 9.97. The zero-order chi connectivity index (χ0) is 14.7. The van der Waals surface area contributed by atoms with E-state index in [0.29, 0.717) is 12.8 Å². The summed E-state index contributed by atoms with van der Waals surface area (Å²) in [5.41, 5.74) is 0. The molecule has 19 heavy (non-hydrogen) atoms. The van der Waals surface area contributed by atoms with Crippen LogP contribution in [0.25, 0.3) is 0 Å². The molecule has 0 radical (unpaired) electrons. The average Bonchev–Trinajstić information content (AvgIpc) is 2.71. The summed E-state index contributed by atoms with van der Waals surface area (Å²) in [6.45, 7) is 0.0586. The molecule has 7 nitrogen and oxygen atoms in total. The van der Waals surface area contributed by atoms with Crippen LogP contribution >= 0.6 is 0 Å². The van der Waals surface area contributed by atoms with Crippen LogP contribution in [0, 0.1) is 11.8 Å². The predicted octanol–water partition coefficient (Wildman–Crippen LogP) is -0.549. The average molecular weight is 313 g/mol. The van der Waals surface area contributed by atoms with Crippen molar-refractivity contribution in [2.75, 3.05) is 24.3 Å². The molecule has 1 fully saturated rings. The van der Waals surface area contributed by atoms with Gasteiger partial charge < -0.3 is 5.11 Å². The van der Waals surface area contributed by atoms with Crippen LogP contribution in [0.4, 0.5) is 0 Å². The molecule has 0 amide bonds. The minimum atomic E-state index is -3.67. The highest BCUT2D eigenvalue weighted by atomic mass is 32.2. The fourth-order valence-electron chi connectivity index (χ4n) is 2.17. The van der Waals surface area contributed by atoms with E-state index < -0.39 is 43.3 Å². The lowest BCUT2D eigenvalue weighted by molar-refractivity contribution is -0.142. The maximum atomic E-state index is 11.6. The second-order valence-corrected chi connectivity index (χ2v) is 9.12. The van der Waals surface area contributed by atoms with Gasteiger partial charge in [-0.3, -0.25) is 4.79 Å². The van der Waals surface area contributed by atoms with Gasteiger partial charge in [-0.15, -0.1) is 0 Å². The predicted molar refractivity (Wildman–Crippen MR) is 70.0 cm³/mol. The summed E-state index contributed by atoms with van der Waals surface area (Å²) < 4.78 is 47.3. The van der Waals surface area contributed by atoms with Gasteiger partial charge in [-0.25, -0.2) is 21.6 Å². The molecule has 9 heteroatoms. The third kappa shape index (κ3) is 5.87. The van der Waals surface area contributed by atoms with Gasteiger partial charge in [0.05, 0.1) is 17.4 Å². The lowest BCUT2D eigenvalue weighted by Gasteiger charge is -2.16. The smallest absolute Gasteiger partial charge is 0.306 e. The fraction of sp³-hybridized carbons (Fsp3) is 0.900. The van der Waals surface area contributed by atoms with E-state index in [1.54, 1.807) is 0 Å². The van der Waals surface area contributed by atoms with Crippen molar-refractivity contribution < 1.29 is 26.7 Å². The monoisotopic (exact) mass is 313 g/mol. The first-order chi connectivity index (χ1) is 8.61. The summed E-state index contributed by atoms with van der Waals surface area (Å²) in [6.07, 6.45) is 2.98. The third-order valence-corrected chi connectivity index (χ3v) is 5.82. The van der Waals surface area contributed by atoms with Crippen LogP contribution in [0.5, 0.6) is 0 Å². The number of nitrogens with one attached hydrogen (secondary N) is 1. The molecule has 0 aromatic carbocycles. The molecule has 2 atom stereocenters. The molecule has 0 bridgehead atoms. The van der Waals surface area contributed by atoms with Gasteiger partial charge in [0, 0.05) is 12.8 Å². The van der Waals surface area contributed by atoms with Crippen LogP contribution in [-0.2, 0) is 24.7 Å².